The van der Waals surface area contributed by atoms with Gasteiger partial charge in [-0.3, -0.25) is 4.90 Å². The van der Waals surface area contributed by atoms with Crippen molar-refractivity contribution in [3.63, 3.8) is 0 Å². The van der Waals surface area contributed by atoms with E-state index in [0.717, 1.165) is 38.0 Å². The van der Waals surface area contributed by atoms with E-state index >= 15 is 0 Å². The molecule has 1 saturated heterocycles. The molecule has 0 bridgehead atoms. The molecular weight excluding hydrogens is 238 g/mol. The smallest absolute Gasteiger partial charge is 0.120 e. The van der Waals surface area contributed by atoms with Crippen LogP contribution in [0.1, 0.15) is 18.4 Å². The summed E-state index contributed by atoms with van der Waals surface area (Å²) < 4.78 is 5.34. The van der Waals surface area contributed by atoms with Crippen LogP contribution in [0.3, 0.4) is 0 Å². The maximum Gasteiger partial charge on any atom is 0.120 e. The lowest BCUT2D eigenvalue weighted by atomic mass is 10.1. The summed E-state index contributed by atoms with van der Waals surface area (Å²) in [5, 5.41) is 10.4. The first-order valence-electron chi connectivity index (χ1n) is 5.91. The van der Waals surface area contributed by atoms with Crippen LogP contribution in [0.4, 0.5) is 0 Å². The van der Waals surface area contributed by atoms with E-state index in [4.69, 9.17) is 16.3 Å². The number of likely N-dealkylation sites (tertiary alicyclic amines) is 1. The summed E-state index contributed by atoms with van der Waals surface area (Å²) in [5.74, 6) is 0.322. The molecule has 2 rings (SSSR count). The van der Waals surface area contributed by atoms with Crippen LogP contribution in [-0.4, -0.2) is 36.3 Å². The fraction of sp³-hybridized carbons (Fsp3) is 0.538. The zero-order chi connectivity index (χ0) is 12.3. The summed E-state index contributed by atoms with van der Waals surface area (Å²) in [5.41, 5.74) is 0.897. The molecule has 94 valence electrons. The minimum Gasteiger partial charge on any atom is -0.508 e. The average molecular weight is 256 g/mol. The van der Waals surface area contributed by atoms with Crippen molar-refractivity contribution < 1.29 is 9.84 Å². The number of phenolic OH excluding ortho intramolecular Hbond substituents is 1. The molecule has 0 spiro atoms. The molecule has 1 N–H and O–H groups in total. The third-order valence-corrected chi connectivity index (χ3v) is 3.54. The average Bonchev–Trinajstić information content (AvgIpc) is 2.35. The van der Waals surface area contributed by atoms with E-state index in [9.17, 15) is 5.11 Å². The van der Waals surface area contributed by atoms with Gasteiger partial charge in [-0.05, 0) is 31.0 Å². The highest BCUT2D eigenvalue weighted by molar-refractivity contribution is 6.30. The van der Waals surface area contributed by atoms with Gasteiger partial charge in [0.2, 0.25) is 0 Å². The summed E-state index contributed by atoms with van der Waals surface area (Å²) in [7, 11) is 1.77. The standard InChI is InChI=1S/C13H18ClNO2/c1-17-12-4-6-15(7-5-12)9-10-8-11(14)2-3-13(10)16/h2-3,8,12,16H,4-7,9H2,1H3. The van der Waals surface area contributed by atoms with Gasteiger partial charge in [-0.25, -0.2) is 0 Å². The molecule has 0 atom stereocenters. The second kappa shape index (κ2) is 5.71. The topological polar surface area (TPSA) is 32.7 Å². The Balaban J connectivity index is 1.95. The fourth-order valence-corrected chi connectivity index (χ4v) is 2.42. The van der Waals surface area contributed by atoms with E-state index in [2.05, 4.69) is 4.90 Å². The SMILES string of the molecule is COC1CCN(Cc2cc(Cl)ccc2O)CC1. The highest BCUT2D eigenvalue weighted by Gasteiger charge is 2.19. The first-order chi connectivity index (χ1) is 8.19. The van der Waals surface area contributed by atoms with Gasteiger partial charge in [0.15, 0.2) is 0 Å². The van der Waals surface area contributed by atoms with Crippen LogP contribution in [0.5, 0.6) is 5.75 Å². The number of halogens is 1. The number of rotatable bonds is 3. The number of aromatic hydroxyl groups is 1. The third-order valence-electron chi connectivity index (χ3n) is 3.30. The number of benzene rings is 1. The normalized spacial score (nSPS) is 18.5. The number of ether oxygens (including phenoxy) is 1. The summed E-state index contributed by atoms with van der Waals surface area (Å²) in [6, 6.07) is 5.19. The predicted octanol–water partition coefficient (Wildman–Crippen LogP) is 2.66. The van der Waals surface area contributed by atoms with Crippen LogP contribution in [0.2, 0.25) is 5.02 Å². The van der Waals surface area contributed by atoms with Gasteiger partial charge >= 0.3 is 0 Å². The van der Waals surface area contributed by atoms with Crippen molar-refractivity contribution in [2.45, 2.75) is 25.5 Å². The van der Waals surface area contributed by atoms with Crippen LogP contribution in [0.25, 0.3) is 0 Å². The summed E-state index contributed by atoms with van der Waals surface area (Å²) in [4.78, 5) is 2.32. The number of methoxy groups -OCH3 is 1. The van der Waals surface area contributed by atoms with Gasteiger partial charge in [0, 0.05) is 37.3 Å². The lowest BCUT2D eigenvalue weighted by Gasteiger charge is -2.31. The van der Waals surface area contributed by atoms with Crippen LogP contribution < -0.4 is 0 Å². The lowest BCUT2D eigenvalue weighted by molar-refractivity contribution is 0.0387. The Hall–Kier alpha value is -0.770. The van der Waals surface area contributed by atoms with Crippen molar-refractivity contribution in [3.05, 3.63) is 28.8 Å². The molecule has 0 aliphatic carbocycles. The molecule has 17 heavy (non-hydrogen) atoms. The Labute approximate surface area is 107 Å². The van der Waals surface area contributed by atoms with Crippen molar-refractivity contribution >= 4 is 11.6 Å². The van der Waals surface area contributed by atoms with Gasteiger partial charge in [0.05, 0.1) is 6.10 Å². The molecule has 1 fully saturated rings. The molecular formula is C13H18ClNO2. The molecule has 1 heterocycles. The van der Waals surface area contributed by atoms with E-state index in [-0.39, 0.29) is 0 Å². The zero-order valence-electron chi connectivity index (χ0n) is 10.0. The van der Waals surface area contributed by atoms with Crippen molar-refractivity contribution in [1.29, 1.82) is 0 Å². The molecule has 1 aromatic carbocycles. The first-order valence-corrected chi connectivity index (χ1v) is 6.29. The number of phenols is 1. The zero-order valence-corrected chi connectivity index (χ0v) is 10.8. The van der Waals surface area contributed by atoms with E-state index in [1.165, 1.54) is 0 Å². The molecule has 0 unspecified atom stereocenters. The summed E-state index contributed by atoms with van der Waals surface area (Å²) in [6.45, 7) is 2.76. The van der Waals surface area contributed by atoms with Gasteiger partial charge in [0.25, 0.3) is 0 Å². The van der Waals surface area contributed by atoms with E-state index in [1.54, 1.807) is 19.2 Å². The first kappa shape index (κ1) is 12.7. The Morgan fingerprint density at radius 2 is 2.12 bits per heavy atom. The molecule has 3 nitrogen and oxygen atoms in total. The molecule has 1 aliphatic heterocycles. The van der Waals surface area contributed by atoms with Crippen LogP contribution in [-0.2, 0) is 11.3 Å². The van der Waals surface area contributed by atoms with Crippen molar-refractivity contribution in [2.24, 2.45) is 0 Å². The number of nitrogens with zero attached hydrogens (tertiary/aromatic N) is 1. The Morgan fingerprint density at radius 1 is 1.41 bits per heavy atom. The maximum atomic E-state index is 9.75. The van der Waals surface area contributed by atoms with Crippen molar-refractivity contribution in [1.82, 2.24) is 4.90 Å². The summed E-state index contributed by atoms with van der Waals surface area (Å²) >= 11 is 5.93. The second-order valence-corrected chi connectivity index (χ2v) is 4.92. The number of hydrogen-bond donors (Lipinski definition) is 1. The van der Waals surface area contributed by atoms with E-state index in [1.807, 2.05) is 6.07 Å². The number of piperidine rings is 1. The molecule has 1 aliphatic rings. The van der Waals surface area contributed by atoms with E-state index in [0.29, 0.717) is 16.9 Å². The monoisotopic (exact) mass is 255 g/mol. The molecule has 1 aromatic rings. The fourth-order valence-electron chi connectivity index (χ4n) is 2.22. The highest BCUT2D eigenvalue weighted by Crippen LogP contribution is 2.24. The molecule has 4 heteroatoms. The second-order valence-electron chi connectivity index (χ2n) is 4.48. The quantitative estimate of drug-likeness (QED) is 0.901. The van der Waals surface area contributed by atoms with E-state index < -0.39 is 0 Å². The molecule has 0 saturated carbocycles. The van der Waals surface area contributed by atoms with Gasteiger partial charge in [-0.2, -0.15) is 0 Å². The minimum absolute atomic E-state index is 0.322. The Kier molecular flexibility index (Phi) is 4.26. The molecule has 0 aromatic heterocycles. The van der Waals surface area contributed by atoms with Crippen molar-refractivity contribution in [3.8, 4) is 5.75 Å². The maximum absolute atomic E-state index is 9.75. The van der Waals surface area contributed by atoms with Crippen LogP contribution in [0.15, 0.2) is 18.2 Å². The van der Waals surface area contributed by atoms with Crippen LogP contribution in [0, 0.1) is 0 Å². The van der Waals surface area contributed by atoms with Gasteiger partial charge in [-0.1, -0.05) is 11.6 Å². The predicted molar refractivity (Wildman–Crippen MR) is 68.4 cm³/mol. The highest BCUT2D eigenvalue weighted by atomic mass is 35.5. The van der Waals surface area contributed by atoms with Gasteiger partial charge in [0.1, 0.15) is 5.75 Å². The minimum atomic E-state index is 0.322. The molecule has 0 amide bonds. The van der Waals surface area contributed by atoms with Gasteiger partial charge < -0.3 is 9.84 Å². The Bertz CT molecular complexity index is 376. The van der Waals surface area contributed by atoms with Crippen LogP contribution >= 0.6 is 11.6 Å². The Morgan fingerprint density at radius 3 is 2.76 bits per heavy atom. The third kappa shape index (κ3) is 3.35. The largest absolute Gasteiger partial charge is 0.508 e. The summed E-state index contributed by atoms with van der Waals surface area (Å²) in [6.07, 6.45) is 2.49. The van der Waals surface area contributed by atoms with Gasteiger partial charge in [-0.15, -0.1) is 0 Å². The molecule has 0 radical (unpaired) electrons. The number of hydrogen-bond acceptors (Lipinski definition) is 3. The lowest BCUT2D eigenvalue weighted by Crippen LogP contribution is -2.36. The van der Waals surface area contributed by atoms with Crippen molar-refractivity contribution in [2.75, 3.05) is 20.2 Å².